The molecule has 134 valence electrons. The molecule has 1 rings (SSSR count). The van der Waals surface area contributed by atoms with Crippen LogP contribution < -0.4 is 0 Å². The summed E-state index contributed by atoms with van der Waals surface area (Å²) in [5.74, 6) is 0. The molecule has 0 aliphatic rings. The molecule has 1 nitrogen and oxygen atoms in total. The number of unbranched alkanes of at least 4 members (excludes halogenated alkanes) is 8. The van der Waals surface area contributed by atoms with E-state index < -0.39 is 0 Å². The quantitative estimate of drug-likeness (QED) is 0.206. The molecule has 0 aromatic heterocycles. The number of allylic oxidation sites excluding steroid dienone is 1. The molecule has 0 aliphatic carbocycles. The van der Waals surface area contributed by atoms with Crippen molar-refractivity contribution in [2.24, 2.45) is 0 Å². The van der Waals surface area contributed by atoms with Gasteiger partial charge in [0.1, 0.15) is 6.29 Å². The molecule has 0 saturated heterocycles. The maximum Gasteiger partial charge on any atom is 0.142 e. The number of hydrogen-bond acceptors (Lipinski definition) is 1. The lowest BCUT2D eigenvalue weighted by Gasteiger charge is -2.11. The van der Waals surface area contributed by atoms with Crippen molar-refractivity contribution in [1.82, 2.24) is 0 Å². The second-order valence-corrected chi connectivity index (χ2v) is 6.85. The number of benzene rings is 1. The summed E-state index contributed by atoms with van der Waals surface area (Å²) in [5.41, 5.74) is 4.17. The molecule has 24 heavy (non-hydrogen) atoms. The molecule has 0 heterocycles. The van der Waals surface area contributed by atoms with Gasteiger partial charge in [-0.25, -0.2) is 0 Å². The molecule has 0 bridgehead atoms. The van der Waals surface area contributed by atoms with E-state index in [1.807, 2.05) is 6.08 Å². The van der Waals surface area contributed by atoms with Crippen LogP contribution in [0.4, 0.5) is 0 Å². The highest BCUT2D eigenvalue weighted by Gasteiger charge is 2.04. The second-order valence-electron chi connectivity index (χ2n) is 6.85. The van der Waals surface area contributed by atoms with Crippen molar-refractivity contribution < 1.29 is 4.79 Å². The zero-order chi connectivity index (χ0) is 17.5. The third-order valence-electron chi connectivity index (χ3n) is 4.70. The van der Waals surface area contributed by atoms with E-state index in [0.717, 1.165) is 11.8 Å². The van der Waals surface area contributed by atoms with Gasteiger partial charge in [-0.3, -0.25) is 4.79 Å². The van der Waals surface area contributed by atoms with Gasteiger partial charge in [0, 0.05) is 0 Å². The van der Waals surface area contributed by atoms with E-state index in [1.54, 1.807) is 6.08 Å². The Morgan fingerprint density at radius 3 is 1.92 bits per heavy atom. The van der Waals surface area contributed by atoms with E-state index in [2.05, 4.69) is 32.0 Å². The molecule has 1 aromatic carbocycles. The summed E-state index contributed by atoms with van der Waals surface area (Å²) in [6.07, 6.45) is 20.0. The third kappa shape index (κ3) is 9.05. The van der Waals surface area contributed by atoms with Gasteiger partial charge in [0.15, 0.2) is 0 Å². The molecule has 1 aromatic rings. The number of carbonyl (C=O) groups excluding carboxylic acids is 1. The van der Waals surface area contributed by atoms with Crippen molar-refractivity contribution in [3.63, 3.8) is 0 Å². The van der Waals surface area contributed by atoms with Crippen molar-refractivity contribution >= 4 is 12.4 Å². The zero-order valence-electron chi connectivity index (χ0n) is 15.9. The van der Waals surface area contributed by atoms with Gasteiger partial charge in [0.2, 0.25) is 0 Å². The highest BCUT2D eigenvalue weighted by molar-refractivity contribution is 5.74. The van der Waals surface area contributed by atoms with Crippen LogP contribution in [-0.4, -0.2) is 6.29 Å². The van der Waals surface area contributed by atoms with Crippen LogP contribution in [0.25, 0.3) is 6.08 Å². The maximum atomic E-state index is 10.5. The van der Waals surface area contributed by atoms with Gasteiger partial charge in [-0.05, 0) is 48.4 Å². The molecular weight excluding hydrogens is 292 g/mol. The maximum absolute atomic E-state index is 10.5. The van der Waals surface area contributed by atoms with E-state index in [-0.39, 0.29) is 0 Å². The Morgan fingerprint density at radius 1 is 0.750 bits per heavy atom. The van der Waals surface area contributed by atoms with Crippen LogP contribution in [-0.2, 0) is 17.6 Å². The van der Waals surface area contributed by atoms with Gasteiger partial charge in [0.05, 0.1) is 0 Å². The Morgan fingerprint density at radius 2 is 1.33 bits per heavy atom. The molecular formula is C23H36O. The smallest absolute Gasteiger partial charge is 0.142 e. The fraction of sp³-hybridized carbons (Fsp3) is 0.609. The van der Waals surface area contributed by atoms with Crippen LogP contribution >= 0.6 is 0 Å². The largest absolute Gasteiger partial charge is 0.299 e. The molecule has 0 atom stereocenters. The van der Waals surface area contributed by atoms with Gasteiger partial charge in [-0.2, -0.15) is 0 Å². The van der Waals surface area contributed by atoms with Crippen LogP contribution in [0.3, 0.4) is 0 Å². The number of hydrogen-bond donors (Lipinski definition) is 0. The first kappa shape index (κ1) is 20.7. The van der Waals surface area contributed by atoms with Gasteiger partial charge in [-0.1, -0.05) is 89.5 Å². The summed E-state index contributed by atoms with van der Waals surface area (Å²) >= 11 is 0. The highest BCUT2D eigenvalue weighted by atomic mass is 16.1. The fourth-order valence-corrected chi connectivity index (χ4v) is 3.21. The minimum absolute atomic E-state index is 0.853. The molecule has 0 spiro atoms. The van der Waals surface area contributed by atoms with Gasteiger partial charge in [-0.15, -0.1) is 0 Å². The van der Waals surface area contributed by atoms with Crippen molar-refractivity contribution in [2.45, 2.75) is 90.9 Å². The third-order valence-corrected chi connectivity index (χ3v) is 4.70. The Balaban J connectivity index is 2.61. The molecule has 0 aliphatic heterocycles. The lowest BCUT2D eigenvalue weighted by molar-refractivity contribution is -0.104. The van der Waals surface area contributed by atoms with Gasteiger partial charge < -0.3 is 0 Å². The van der Waals surface area contributed by atoms with Crippen molar-refractivity contribution in [1.29, 1.82) is 0 Å². The summed E-state index contributed by atoms with van der Waals surface area (Å²) in [6.45, 7) is 4.53. The van der Waals surface area contributed by atoms with E-state index in [9.17, 15) is 4.79 Å². The Bertz CT molecular complexity index is 473. The minimum atomic E-state index is 0.853. The standard InChI is InChI=1S/C23H36O/c1-3-5-7-9-11-15-22-18-17-21(14-13-19-24)20-23(22)16-12-10-8-6-4-2/h13-14,17-20H,3-12,15-16H2,1-2H3. The number of aryl methyl sites for hydroxylation is 2. The minimum Gasteiger partial charge on any atom is -0.299 e. The fourth-order valence-electron chi connectivity index (χ4n) is 3.21. The summed E-state index contributed by atoms with van der Waals surface area (Å²) in [7, 11) is 0. The van der Waals surface area contributed by atoms with Gasteiger partial charge >= 0.3 is 0 Å². The summed E-state index contributed by atoms with van der Waals surface area (Å²) in [4.78, 5) is 10.5. The number of carbonyl (C=O) groups is 1. The first-order chi connectivity index (χ1) is 11.8. The molecule has 0 N–H and O–H groups in total. The van der Waals surface area contributed by atoms with E-state index in [0.29, 0.717) is 0 Å². The number of rotatable bonds is 14. The van der Waals surface area contributed by atoms with Crippen LogP contribution in [0.1, 0.15) is 94.7 Å². The van der Waals surface area contributed by atoms with Gasteiger partial charge in [0.25, 0.3) is 0 Å². The summed E-state index contributed by atoms with van der Waals surface area (Å²) in [6, 6.07) is 6.73. The Hall–Kier alpha value is -1.37. The first-order valence-corrected chi connectivity index (χ1v) is 10.1. The molecule has 0 unspecified atom stereocenters. The molecule has 0 fully saturated rings. The summed E-state index contributed by atoms with van der Waals surface area (Å²) < 4.78 is 0. The lowest BCUT2D eigenvalue weighted by Crippen LogP contribution is -1.97. The van der Waals surface area contributed by atoms with E-state index >= 15 is 0 Å². The van der Waals surface area contributed by atoms with Crippen molar-refractivity contribution in [3.05, 3.63) is 41.0 Å². The van der Waals surface area contributed by atoms with Crippen LogP contribution in [0.15, 0.2) is 24.3 Å². The lowest BCUT2D eigenvalue weighted by atomic mass is 9.94. The predicted molar refractivity (Wildman–Crippen MR) is 106 cm³/mol. The van der Waals surface area contributed by atoms with Crippen molar-refractivity contribution in [3.8, 4) is 0 Å². The molecule has 1 heteroatoms. The monoisotopic (exact) mass is 328 g/mol. The van der Waals surface area contributed by atoms with Crippen LogP contribution in [0, 0.1) is 0 Å². The second kappa shape index (κ2) is 14.0. The average molecular weight is 329 g/mol. The highest BCUT2D eigenvalue weighted by Crippen LogP contribution is 2.20. The Kier molecular flexibility index (Phi) is 12.1. The zero-order valence-corrected chi connectivity index (χ0v) is 15.9. The molecule has 0 saturated carbocycles. The van der Waals surface area contributed by atoms with Crippen molar-refractivity contribution in [2.75, 3.05) is 0 Å². The topological polar surface area (TPSA) is 17.1 Å². The Labute approximate surface area is 149 Å². The molecule has 0 radical (unpaired) electrons. The average Bonchev–Trinajstić information content (AvgIpc) is 2.60. The predicted octanol–water partition coefficient (Wildman–Crippen LogP) is 6.92. The molecule has 0 amide bonds. The number of aldehydes is 1. The van der Waals surface area contributed by atoms with E-state index in [4.69, 9.17) is 0 Å². The summed E-state index contributed by atoms with van der Waals surface area (Å²) in [5, 5.41) is 0. The van der Waals surface area contributed by atoms with E-state index in [1.165, 1.54) is 88.2 Å². The van der Waals surface area contributed by atoms with Crippen LogP contribution in [0.2, 0.25) is 0 Å². The first-order valence-electron chi connectivity index (χ1n) is 10.1. The van der Waals surface area contributed by atoms with Crippen LogP contribution in [0.5, 0.6) is 0 Å². The SMILES string of the molecule is CCCCCCCc1ccc(C=CC=O)cc1CCCCCCC. The normalized spacial score (nSPS) is 11.2.